The average molecular weight is 223 g/mol. The van der Waals surface area contributed by atoms with Crippen molar-refractivity contribution in [1.29, 1.82) is 0 Å². The average Bonchev–Trinajstić information content (AvgIpc) is 2.21. The molecule has 0 spiro atoms. The zero-order valence-electron chi connectivity index (χ0n) is 9.54. The second kappa shape index (κ2) is 4.15. The van der Waals surface area contributed by atoms with Gasteiger partial charge in [-0.15, -0.1) is 0 Å². The molecule has 0 aliphatic heterocycles. The van der Waals surface area contributed by atoms with Gasteiger partial charge in [0.2, 0.25) is 0 Å². The molecule has 1 aliphatic carbocycles. The molecule has 3 N–H and O–H groups in total. The maximum atomic E-state index is 13.3. The van der Waals surface area contributed by atoms with Crippen LogP contribution in [0.4, 0.5) is 4.39 Å². The van der Waals surface area contributed by atoms with Crippen LogP contribution >= 0.6 is 0 Å². The quantitative estimate of drug-likeness (QED) is 0.767. The van der Waals surface area contributed by atoms with Gasteiger partial charge in [-0.2, -0.15) is 0 Å². The van der Waals surface area contributed by atoms with Gasteiger partial charge in [0.25, 0.3) is 0 Å². The number of hydrogen-bond acceptors (Lipinski definition) is 2. The third kappa shape index (κ3) is 2.25. The van der Waals surface area contributed by atoms with Crippen LogP contribution in [0.5, 0.6) is 0 Å². The van der Waals surface area contributed by atoms with Crippen LogP contribution in [-0.4, -0.2) is 11.2 Å². The number of aliphatic hydroxyl groups is 1. The van der Waals surface area contributed by atoms with Gasteiger partial charge in [0.05, 0.1) is 6.10 Å². The number of aliphatic hydroxyl groups excluding tert-OH is 1. The Hall–Kier alpha value is -0.930. The SMILES string of the molecule is Cc1cc(F)cc(C2(N)CCC(O)CC2)c1. The molecular weight excluding hydrogens is 205 g/mol. The largest absolute Gasteiger partial charge is 0.393 e. The van der Waals surface area contributed by atoms with E-state index >= 15 is 0 Å². The molecule has 2 nitrogen and oxygen atoms in total. The lowest BCUT2D eigenvalue weighted by molar-refractivity contribution is 0.0968. The molecule has 1 saturated carbocycles. The Morgan fingerprint density at radius 3 is 2.50 bits per heavy atom. The molecule has 1 aromatic carbocycles. The fraction of sp³-hybridized carbons (Fsp3) is 0.538. The number of nitrogens with two attached hydrogens (primary N) is 1. The van der Waals surface area contributed by atoms with Gasteiger partial charge in [0.15, 0.2) is 0 Å². The van der Waals surface area contributed by atoms with Crippen molar-refractivity contribution in [3.8, 4) is 0 Å². The Labute approximate surface area is 95.3 Å². The number of rotatable bonds is 1. The van der Waals surface area contributed by atoms with E-state index in [4.69, 9.17) is 5.73 Å². The summed E-state index contributed by atoms with van der Waals surface area (Å²) >= 11 is 0. The van der Waals surface area contributed by atoms with Crippen molar-refractivity contribution < 1.29 is 9.50 Å². The first-order chi connectivity index (χ1) is 7.49. The van der Waals surface area contributed by atoms with Crippen LogP contribution in [0.15, 0.2) is 18.2 Å². The highest BCUT2D eigenvalue weighted by molar-refractivity contribution is 5.30. The summed E-state index contributed by atoms with van der Waals surface area (Å²) < 4.78 is 13.3. The first-order valence-corrected chi connectivity index (χ1v) is 5.74. The summed E-state index contributed by atoms with van der Waals surface area (Å²) in [6, 6.07) is 4.97. The molecule has 0 aromatic heterocycles. The van der Waals surface area contributed by atoms with Crippen molar-refractivity contribution in [2.24, 2.45) is 5.73 Å². The molecule has 0 unspecified atom stereocenters. The van der Waals surface area contributed by atoms with Crippen molar-refractivity contribution in [2.75, 3.05) is 0 Å². The summed E-state index contributed by atoms with van der Waals surface area (Å²) in [7, 11) is 0. The van der Waals surface area contributed by atoms with Crippen LogP contribution in [0, 0.1) is 12.7 Å². The Kier molecular flexibility index (Phi) is 3.00. The Morgan fingerprint density at radius 1 is 1.31 bits per heavy atom. The first-order valence-electron chi connectivity index (χ1n) is 5.74. The summed E-state index contributed by atoms with van der Waals surface area (Å²) in [4.78, 5) is 0. The molecule has 0 amide bonds. The minimum atomic E-state index is -0.466. The fourth-order valence-corrected chi connectivity index (χ4v) is 2.43. The van der Waals surface area contributed by atoms with Crippen LogP contribution < -0.4 is 5.73 Å². The van der Waals surface area contributed by atoms with Gasteiger partial charge in [0, 0.05) is 5.54 Å². The van der Waals surface area contributed by atoms with E-state index in [0.717, 1.165) is 24.0 Å². The standard InChI is InChI=1S/C13H18FNO/c1-9-6-10(8-11(14)7-9)13(15)4-2-12(16)3-5-13/h6-8,12,16H,2-5,15H2,1H3. The zero-order valence-corrected chi connectivity index (χ0v) is 9.54. The zero-order chi connectivity index (χ0) is 11.8. The fourth-order valence-electron chi connectivity index (χ4n) is 2.43. The predicted molar refractivity (Wildman–Crippen MR) is 61.5 cm³/mol. The molecule has 0 saturated heterocycles. The third-order valence-corrected chi connectivity index (χ3v) is 3.46. The molecule has 88 valence electrons. The molecule has 1 fully saturated rings. The van der Waals surface area contributed by atoms with Gasteiger partial charge >= 0.3 is 0 Å². The minimum absolute atomic E-state index is 0.231. The van der Waals surface area contributed by atoms with Crippen molar-refractivity contribution in [1.82, 2.24) is 0 Å². The highest BCUT2D eigenvalue weighted by atomic mass is 19.1. The van der Waals surface area contributed by atoms with Crippen LogP contribution in [0.1, 0.15) is 36.8 Å². The molecule has 2 rings (SSSR count). The van der Waals surface area contributed by atoms with Gasteiger partial charge < -0.3 is 10.8 Å². The lowest BCUT2D eigenvalue weighted by Crippen LogP contribution is -2.41. The molecule has 3 heteroatoms. The molecule has 0 atom stereocenters. The summed E-state index contributed by atoms with van der Waals surface area (Å²) in [5.41, 5.74) is 7.59. The predicted octanol–water partition coefficient (Wildman–Crippen LogP) is 2.22. The van der Waals surface area contributed by atoms with Crippen LogP contribution in [0.25, 0.3) is 0 Å². The molecule has 0 radical (unpaired) electrons. The molecule has 1 aliphatic rings. The van der Waals surface area contributed by atoms with Crippen molar-refractivity contribution in [3.63, 3.8) is 0 Å². The Bertz CT molecular complexity index is 363. The highest BCUT2D eigenvalue weighted by Crippen LogP contribution is 2.35. The van der Waals surface area contributed by atoms with E-state index in [0.29, 0.717) is 12.8 Å². The van der Waals surface area contributed by atoms with E-state index in [9.17, 15) is 9.50 Å². The van der Waals surface area contributed by atoms with Gasteiger partial charge in [0.1, 0.15) is 5.82 Å². The summed E-state index contributed by atoms with van der Waals surface area (Å²) in [5, 5.41) is 9.47. The number of aryl methyl sites for hydroxylation is 1. The van der Waals surface area contributed by atoms with Crippen molar-refractivity contribution >= 4 is 0 Å². The Morgan fingerprint density at radius 2 is 1.94 bits per heavy atom. The van der Waals surface area contributed by atoms with E-state index in [1.54, 1.807) is 0 Å². The second-order valence-electron chi connectivity index (χ2n) is 4.90. The lowest BCUT2D eigenvalue weighted by Gasteiger charge is -2.36. The summed E-state index contributed by atoms with van der Waals surface area (Å²) in [5.74, 6) is -0.231. The maximum Gasteiger partial charge on any atom is 0.123 e. The van der Waals surface area contributed by atoms with E-state index in [1.807, 2.05) is 13.0 Å². The van der Waals surface area contributed by atoms with E-state index in [2.05, 4.69) is 0 Å². The molecule has 0 heterocycles. The van der Waals surface area contributed by atoms with Gasteiger partial charge in [-0.3, -0.25) is 0 Å². The summed E-state index contributed by atoms with van der Waals surface area (Å²) in [6.07, 6.45) is 2.60. The number of halogens is 1. The van der Waals surface area contributed by atoms with Gasteiger partial charge in [-0.1, -0.05) is 6.07 Å². The lowest BCUT2D eigenvalue weighted by atomic mass is 9.76. The minimum Gasteiger partial charge on any atom is -0.393 e. The molecule has 1 aromatic rings. The second-order valence-corrected chi connectivity index (χ2v) is 4.90. The maximum absolute atomic E-state index is 13.3. The smallest absolute Gasteiger partial charge is 0.123 e. The van der Waals surface area contributed by atoms with Crippen molar-refractivity contribution in [2.45, 2.75) is 44.2 Å². The van der Waals surface area contributed by atoms with E-state index in [1.165, 1.54) is 12.1 Å². The van der Waals surface area contributed by atoms with Crippen molar-refractivity contribution in [3.05, 3.63) is 35.1 Å². The van der Waals surface area contributed by atoms with Crippen LogP contribution in [-0.2, 0) is 5.54 Å². The first kappa shape index (κ1) is 11.6. The molecule has 16 heavy (non-hydrogen) atoms. The normalized spacial score (nSPS) is 30.4. The van der Waals surface area contributed by atoms with E-state index in [-0.39, 0.29) is 11.9 Å². The van der Waals surface area contributed by atoms with Crippen LogP contribution in [0.2, 0.25) is 0 Å². The van der Waals surface area contributed by atoms with Crippen LogP contribution in [0.3, 0.4) is 0 Å². The third-order valence-electron chi connectivity index (χ3n) is 3.46. The molecule has 0 bridgehead atoms. The number of benzene rings is 1. The Balaban J connectivity index is 2.28. The van der Waals surface area contributed by atoms with Gasteiger partial charge in [-0.25, -0.2) is 4.39 Å². The van der Waals surface area contributed by atoms with E-state index < -0.39 is 5.54 Å². The summed E-state index contributed by atoms with van der Waals surface area (Å²) in [6.45, 7) is 1.87. The monoisotopic (exact) mass is 223 g/mol. The van der Waals surface area contributed by atoms with Gasteiger partial charge in [-0.05, 0) is 55.9 Å². The highest BCUT2D eigenvalue weighted by Gasteiger charge is 2.32. The topological polar surface area (TPSA) is 46.2 Å². The molecular formula is C13H18FNO. The number of hydrogen-bond donors (Lipinski definition) is 2.